The SMILES string of the molecule is O=C(ON1C(=O)c2ccccc2C1=O)c1cn(C2COC2)nn1. The predicted octanol–water partition coefficient (Wildman–Crippen LogP) is 0.217. The summed E-state index contributed by atoms with van der Waals surface area (Å²) in [7, 11) is 0. The molecule has 9 nitrogen and oxygen atoms in total. The van der Waals surface area contributed by atoms with Crippen molar-refractivity contribution in [1.29, 1.82) is 0 Å². The van der Waals surface area contributed by atoms with Crippen LogP contribution in [0.3, 0.4) is 0 Å². The van der Waals surface area contributed by atoms with Crippen LogP contribution in [-0.4, -0.2) is 51.1 Å². The third kappa shape index (κ3) is 2.09. The first-order chi connectivity index (χ1) is 11.1. The summed E-state index contributed by atoms with van der Waals surface area (Å²) in [5.41, 5.74) is 0.301. The molecule has 2 aliphatic rings. The van der Waals surface area contributed by atoms with Crippen LogP contribution < -0.4 is 0 Å². The number of imide groups is 1. The van der Waals surface area contributed by atoms with Crippen LogP contribution >= 0.6 is 0 Å². The first-order valence-electron chi connectivity index (χ1n) is 6.85. The second-order valence-corrected chi connectivity index (χ2v) is 5.10. The van der Waals surface area contributed by atoms with E-state index in [-0.39, 0.29) is 22.9 Å². The fourth-order valence-corrected chi connectivity index (χ4v) is 2.30. The van der Waals surface area contributed by atoms with Crippen LogP contribution in [-0.2, 0) is 9.57 Å². The Labute approximate surface area is 129 Å². The second-order valence-electron chi connectivity index (χ2n) is 5.10. The Morgan fingerprint density at radius 3 is 2.39 bits per heavy atom. The molecule has 116 valence electrons. The summed E-state index contributed by atoms with van der Waals surface area (Å²) in [6.07, 6.45) is 1.40. The highest BCUT2D eigenvalue weighted by Crippen LogP contribution is 2.23. The molecule has 0 bridgehead atoms. The van der Waals surface area contributed by atoms with Crippen molar-refractivity contribution in [3.8, 4) is 0 Å². The quantitative estimate of drug-likeness (QED) is 0.746. The molecule has 23 heavy (non-hydrogen) atoms. The van der Waals surface area contributed by atoms with E-state index >= 15 is 0 Å². The number of nitrogens with zero attached hydrogens (tertiary/aromatic N) is 4. The minimum atomic E-state index is -0.925. The van der Waals surface area contributed by atoms with E-state index in [2.05, 4.69) is 10.3 Å². The standard InChI is InChI=1S/C14H10N4O5/c19-12-9-3-1-2-4-10(9)13(20)18(12)23-14(21)11-5-17(16-15-11)8-6-22-7-8/h1-5,8H,6-7H2. The number of hydroxylamine groups is 2. The third-order valence-corrected chi connectivity index (χ3v) is 3.65. The first kappa shape index (κ1) is 13.6. The van der Waals surface area contributed by atoms with Crippen LogP contribution in [0.5, 0.6) is 0 Å². The van der Waals surface area contributed by atoms with E-state index in [0.29, 0.717) is 18.3 Å². The summed E-state index contributed by atoms with van der Waals surface area (Å²) < 4.78 is 6.52. The molecule has 1 aromatic heterocycles. The molecule has 0 aliphatic carbocycles. The van der Waals surface area contributed by atoms with Gasteiger partial charge in [0.15, 0.2) is 5.69 Å². The number of ether oxygens (including phenoxy) is 1. The lowest BCUT2D eigenvalue weighted by Crippen LogP contribution is -2.33. The third-order valence-electron chi connectivity index (χ3n) is 3.65. The van der Waals surface area contributed by atoms with Crippen LogP contribution in [0.25, 0.3) is 0 Å². The van der Waals surface area contributed by atoms with E-state index in [0.717, 1.165) is 0 Å². The molecule has 0 atom stereocenters. The highest BCUT2D eigenvalue weighted by atomic mass is 16.7. The minimum absolute atomic E-state index is 0.0309. The van der Waals surface area contributed by atoms with Gasteiger partial charge in [0.05, 0.1) is 30.5 Å². The van der Waals surface area contributed by atoms with Gasteiger partial charge in [-0.3, -0.25) is 9.59 Å². The van der Waals surface area contributed by atoms with Gasteiger partial charge in [-0.15, -0.1) is 5.10 Å². The van der Waals surface area contributed by atoms with Crippen molar-refractivity contribution < 1.29 is 24.0 Å². The Morgan fingerprint density at radius 1 is 1.17 bits per heavy atom. The van der Waals surface area contributed by atoms with Gasteiger partial charge in [0.1, 0.15) is 6.04 Å². The summed E-state index contributed by atoms with van der Waals surface area (Å²) in [4.78, 5) is 41.2. The van der Waals surface area contributed by atoms with Crippen LogP contribution in [0, 0.1) is 0 Å². The van der Waals surface area contributed by atoms with Crippen molar-refractivity contribution in [3.63, 3.8) is 0 Å². The molecule has 0 saturated carbocycles. The van der Waals surface area contributed by atoms with Gasteiger partial charge >= 0.3 is 5.97 Å². The number of hydrogen-bond donors (Lipinski definition) is 0. The topological polar surface area (TPSA) is 104 Å². The number of benzene rings is 1. The Morgan fingerprint density at radius 2 is 1.83 bits per heavy atom. The second kappa shape index (κ2) is 4.99. The van der Waals surface area contributed by atoms with Crippen molar-refractivity contribution >= 4 is 17.8 Å². The first-order valence-corrected chi connectivity index (χ1v) is 6.85. The molecule has 0 unspecified atom stereocenters. The average molecular weight is 314 g/mol. The highest BCUT2D eigenvalue weighted by molar-refractivity contribution is 6.21. The van der Waals surface area contributed by atoms with Gasteiger partial charge in [-0.2, -0.15) is 0 Å². The van der Waals surface area contributed by atoms with Gasteiger partial charge in [-0.05, 0) is 12.1 Å². The fourth-order valence-electron chi connectivity index (χ4n) is 2.30. The van der Waals surface area contributed by atoms with Gasteiger partial charge in [0.2, 0.25) is 0 Å². The van der Waals surface area contributed by atoms with Crippen LogP contribution in [0.1, 0.15) is 37.2 Å². The molecular weight excluding hydrogens is 304 g/mol. The maximum atomic E-state index is 12.1. The van der Waals surface area contributed by atoms with Crippen molar-refractivity contribution in [2.45, 2.75) is 6.04 Å². The van der Waals surface area contributed by atoms with Gasteiger partial charge in [0, 0.05) is 0 Å². The van der Waals surface area contributed by atoms with Crippen LogP contribution in [0.4, 0.5) is 0 Å². The van der Waals surface area contributed by atoms with Crippen molar-refractivity contribution in [2.75, 3.05) is 13.2 Å². The number of aromatic nitrogens is 3. The van der Waals surface area contributed by atoms with Crippen molar-refractivity contribution in [3.05, 3.63) is 47.3 Å². The lowest BCUT2D eigenvalue weighted by molar-refractivity contribution is -0.0588. The number of rotatable bonds is 3. The predicted molar refractivity (Wildman–Crippen MR) is 72.2 cm³/mol. The summed E-state index contributed by atoms with van der Waals surface area (Å²) in [6, 6.07) is 6.28. The zero-order chi connectivity index (χ0) is 16.0. The maximum Gasteiger partial charge on any atom is 0.385 e. The maximum absolute atomic E-state index is 12.1. The van der Waals surface area contributed by atoms with Crippen molar-refractivity contribution in [2.24, 2.45) is 0 Å². The molecule has 2 aliphatic heterocycles. The highest BCUT2D eigenvalue weighted by Gasteiger charge is 2.39. The fraction of sp³-hybridized carbons (Fsp3) is 0.214. The average Bonchev–Trinajstić information content (AvgIpc) is 3.06. The smallest absolute Gasteiger partial charge is 0.377 e. The van der Waals surface area contributed by atoms with Crippen LogP contribution in [0.2, 0.25) is 0 Å². The molecule has 9 heteroatoms. The van der Waals surface area contributed by atoms with Crippen LogP contribution in [0.15, 0.2) is 30.5 Å². The van der Waals surface area contributed by atoms with Gasteiger partial charge in [0.25, 0.3) is 11.8 Å². The molecule has 4 rings (SSSR count). The number of hydrogen-bond acceptors (Lipinski definition) is 7. The molecule has 3 heterocycles. The van der Waals surface area contributed by atoms with E-state index in [4.69, 9.17) is 9.57 Å². The summed E-state index contributed by atoms with van der Waals surface area (Å²) in [5.74, 6) is -2.29. The van der Waals surface area contributed by atoms with Crippen molar-refractivity contribution in [1.82, 2.24) is 20.1 Å². The lowest BCUT2D eigenvalue weighted by Gasteiger charge is -2.25. The molecule has 1 saturated heterocycles. The number of carbonyl (C=O) groups excluding carboxylic acids is 3. The molecule has 1 aromatic carbocycles. The lowest BCUT2D eigenvalue weighted by atomic mass is 10.1. The molecule has 0 radical (unpaired) electrons. The Hall–Kier alpha value is -3.07. The number of amides is 2. The van der Waals surface area contributed by atoms with E-state index in [1.54, 1.807) is 12.1 Å². The summed E-state index contributed by atoms with van der Waals surface area (Å²) in [5, 5.41) is 7.95. The Bertz CT molecular complexity index is 791. The molecule has 2 amide bonds. The van der Waals surface area contributed by atoms with Gasteiger partial charge in [-0.25, -0.2) is 9.48 Å². The Kier molecular flexibility index (Phi) is 2.95. The van der Waals surface area contributed by atoms with Gasteiger partial charge in [-0.1, -0.05) is 22.4 Å². The zero-order valence-electron chi connectivity index (χ0n) is 11.7. The number of carbonyl (C=O) groups is 3. The minimum Gasteiger partial charge on any atom is -0.377 e. The molecule has 1 fully saturated rings. The van der Waals surface area contributed by atoms with E-state index < -0.39 is 17.8 Å². The van der Waals surface area contributed by atoms with E-state index in [1.165, 1.54) is 23.0 Å². The molecule has 0 spiro atoms. The van der Waals surface area contributed by atoms with Gasteiger partial charge < -0.3 is 9.57 Å². The summed E-state index contributed by atoms with van der Waals surface area (Å²) >= 11 is 0. The monoisotopic (exact) mass is 314 g/mol. The molecule has 2 aromatic rings. The molecule has 0 N–H and O–H groups in total. The largest absolute Gasteiger partial charge is 0.385 e. The molecular formula is C14H10N4O5. The van der Waals surface area contributed by atoms with E-state index in [1.807, 2.05) is 0 Å². The zero-order valence-corrected chi connectivity index (χ0v) is 11.7. The Balaban J connectivity index is 1.52. The summed E-state index contributed by atoms with van der Waals surface area (Å²) in [6.45, 7) is 0.993. The van der Waals surface area contributed by atoms with E-state index in [9.17, 15) is 14.4 Å². The number of fused-ring (bicyclic) bond motifs is 1. The normalized spacial score (nSPS) is 17.1.